The number of hydrogen-bond donors (Lipinski definition) is 2. The van der Waals surface area contributed by atoms with Crippen LogP contribution in [0.2, 0.25) is 0 Å². The molecule has 0 unspecified atom stereocenters. The number of benzene rings is 2. The molecule has 4 nitrogen and oxygen atoms in total. The lowest BCUT2D eigenvalue weighted by atomic mass is 9.98. The van der Waals surface area contributed by atoms with E-state index in [1.807, 2.05) is 0 Å². The van der Waals surface area contributed by atoms with Gasteiger partial charge in [-0.25, -0.2) is 4.39 Å². The van der Waals surface area contributed by atoms with Gasteiger partial charge in [0.15, 0.2) is 5.78 Å². The Morgan fingerprint density at radius 1 is 1.00 bits per heavy atom. The minimum atomic E-state index is -0.424. The summed E-state index contributed by atoms with van der Waals surface area (Å²) < 4.78 is 12.9. The van der Waals surface area contributed by atoms with Crippen molar-refractivity contribution in [2.24, 2.45) is 0 Å². The van der Waals surface area contributed by atoms with Crippen molar-refractivity contribution in [2.75, 3.05) is 13.2 Å². The number of amides is 1. The van der Waals surface area contributed by atoms with Gasteiger partial charge in [0, 0.05) is 24.3 Å². The van der Waals surface area contributed by atoms with Crippen molar-refractivity contribution >= 4 is 11.7 Å². The second kappa shape index (κ2) is 7.47. The molecule has 0 aliphatic carbocycles. The van der Waals surface area contributed by atoms with Crippen LogP contribution in [0, 0.1) is 5.82 Å². The molecule has 5 heteroatoms. The molecule has 0 radical (unpaired) electrons. The molecule has 0 aliphatic rings. The van der Waals surface area contributed by atoms with E-state index in [0.717, 1.165) is 0 Å². The third-order valence-electron chi connectivity index (χ3n) is 3.14. The van der Waals surface area contributed by atoms with Gasteiger partial charge in [-0.1, -0.05) is 18.2 Å². The first-order valence-corrected chi connectivity index (χ1v) is 6.92. The standard InChI is InChI=1S/C17H16FNO3/c18-13-8-6-12(7-9-13)16(21)14-4-1-2-5-15(14)17(22)19-10-3-11-20/h1-2,4-9,20H,3,10-11H2,(H,19,22). The van der Waals surface area contributed by atoms with Crippen molar-refractivity contribution in [1.82, 2.24) is 5.32 Å². The molecule has 1 amide bonds. The van der Waals surface area contributed by atoms with Gasteiger partial charge in [0.1, 0.15) is 5.82 Å². The SMILES string of the molecule is O=C(NCCCO)c1ccccc1C(=O)c1ccc(F)cc1. The summed E-state index contributed by atoms with van der Waals surface area (Å²) in [7, 11) is 0. The predicted octanol–water partition coefficient (Wildman–Crippen LogP) is 2.17. The number of carbonyl (C=O) groups is 2. The minimum absolute atomic E-state index is 0.0174. The zero-order valence-electron chi connectivity index (χ0n) is 11.9. The molecule has 0 spiro atoms. The van der Waals surface area contributed by atoms with Crippen LogP contribution in [0.4, 0.5) is 4.39 Å². The second-order valence-corrected chi connectivity index (χ2v) is 4.71. The molecule has 2 rings (SSSR count). The summed E-state index contributed by atoms with van der Waals surface area (Å²) >= 11 is 0. The second-order valence-electron chi connectivity index (χ2n) is 4.71. The van der Waals surface area contributed by atoms with Crippen LogP contribution in [0.1, 0.15) is 32.7 Å². The fraction of sp³-hybridized carbons (Fsp3) is 0.176. The highest BCUT2D eigenvalue weighted by Crippen LogP contribution is 2.15. The summed E-state index contributed by atoms with van der Waals surface area (Å²) in [6.45, 7) is 0.310. The van der Waals surface area contributed by atoms with Crippen LogP contribution in [-0.4, -0.2) is 29.9 Å². The molecule has 0 fully saturated rings. The van der Waals surface area contributed by atoms with E-state index in [1.54, 1.807) is 24.3 Å². The molecule has 0 saturated heterocycles. The fourth-order valence-corrected chi connectivity index (χ4v) is 2.01. The first kappa shape index (κ1) is 15.9. The molecule has 2 N–H and O–H groups in total. The van der Waals surface area contributed by atoms with Gasteiger partial charge < -0.3 is 10.4 Å². The summed E-state index contributed by atoms with van der Waals surface area (Å²) in [6.07, 6.45) is 0.444. The number of hydrogen-bond acceptors (Lipinski definition) is 3. The number of carbonyl (C=O) groups excluding carboxylic acids is 2. The summed E-state index contributed by atoms with van der Waals surface area (Å²) in [5, 5.41) is 11.4. The molecule has 0 bridgehead atoms. The topological polar surface area (TPSA) is 66.4 Å². The zero-order chi connectivity index (χ0) is 15.9. The van der Waals surface area contributed by atoms with Crippen molar-refractivity contribution < 1.29 is 19.1 Å². The Kier molecular flexibility index (Phi) is 5.38. The van der Waals surface area contributed by atoms with Gasteiger partial charge in [-0.15, -0.1) is 0 Å². The zero-order valence-corrected chi connectivity index (χ0v) is 11.9. The number of aliphatic hydroxyl groups is 1. The summed E-state index contributed by atoms with van der Waals surface area (Å²) in [6, 6.07) is 11.6. The van der Waals surface area contributed by atoms with Crippen LogP contribution in [0.25, 0.3) is 0 Å². The summed E-state index contributed by atoms with van der Waals surface area (Å²) in [4.78, 5) is 24.6. The molecule has 2 aromatic rings. The highest BCUT2D eigenvalue weighted by molar-refractivity contribution is 6.15. The van der Waals surface area contributed by atoms with E-state index in [1.165, 1.54) is 24.3 Å². The smallest absolute Gasteiger partial charge is 0.252 e. The van der Waals surface area contributed by atoms with E-state index >= 15 is 0 Å². The van der Waals surface area contributed by atoms with Gasteiger partial charge in [-0.2, -0.15) is 0 Å². The molecule has 0 saturated carbocycles. The largest absolute Gasteiger partial charge is 0.396 e. The molecule has 22 heavy (non-hydrogen) atoms. The monoisotopic (exact) mass is 301 g/mol. The van der Waals surface area contributed by atoms with Crippen molar-refractivity contribution in [3.05, 3.63) is 71.0 Å². The van der Waals surface area contributed by atoms with Gasteiger partial charge in [0.05, 0.1) is 5.56 Å². The van der Waals surface area contributed by atoms with Crippen LogP contribution < -0.4 is 5.32 Å². The maximum absolute atomic E-state index is 12.9. The molecule has 0 heterocycles. The third-order valence-corrected chi connectivity index (χ3v) is 3.14. The van der Waals surface area contributed by atoms with Crippen molar-refractivity contribution in [3.63, 3.8) is 0 Å². The first-order valence-electron chi connectivity index (χ1n) is 6.92. The lowest BCUT2D eigenvalue weighted by molar-refractivity contribution is 0.0939. The van der Waals surface area contributed by atoms with Crippen LogP contribution in [0.15, 0.2) is 48.5 Å². The van der Waals surface area contributed by atoms with E-state index in [2.05, 4.69) is 5.32 Å². The minimum Gasteiger partial charge on any atom is -0.396 e. The van der Waals surface area contributed by atoms with Crippen LogP contribution in [0.3, 0.4) is 0 Å². The Balaban J connectivity index is 2.25. The van der Waals surface area contributed by atoms with Crippen LogP contribution in [-0.2, 0) is 0 Å². The lowest BCUT2D eigenvalue weighted by Crippen LogP contribution is -2.26. The quantitative estimate of drug-likeness (QED) is 0.635. The van der Waals surface area contributed by atoms with E-state index in [-0.39, 0.29) is 29.4 Å². The van der Waals surface area contributed by atoms with E-state index < -0.39 is 5.82 Å². The number of halogens is 1. The average molecular weight is 301 g/mol. The van der Waals surface area contributed by atoms with Crippen molar-refractivity contribution in [1.29, 1.82) is 0 Å². The van der Waals surface area contributed by atoms with Crippen LogP contribution in [0.5, 0.6) is 0 Å². The predicted molar refractivity (Wildman–Crippen MR) is 80.3 cm³/mol. The number of aliphatic hydroxyl groups excluding tert-OH is 1. The maximum atomic E-state index is 12.9. The molecule has 2 aromatic carbocycles. The number of nitrogens with one attached hydrogen (secondary N) is 1. The van der Waals surface area contributed by atoms with Crippen molar-refractivity contribution in [3.8, 4) is 0 Å². The number of ketones is 1. The van der Waals surface area contributed by atoms with Crippen molar-refractivity contribution in [2.45, 2.75) is 6.42 Å². The molecule has 0 aliphatic heterocycles. The van der Waals surface area contributed by atoms with Gasteiger partial charge in [0.25, 0.3) is 5.91 Å². The third kappa shape index (κ3) is 3.77. The fourth-order valence-electron chi connectivity index (χ4n) is 2.01. The highest BCUT2D eigenvalue weighted by Gasteiger charge is 2.17. The Labute approximate surface area is 127 Å². The molecular weight excluding hydrogens is 285 g/mol. The van der Waals surface area contributed by atoms with Gasteiger partial charge in [-0.05, 0) is 36.8 Å². The summed E-state index contributed by atoms with van der Waals surface area (Å²) in [5.41, 5.74) is 0.836. The highest BCUT2D eigenvalue weighted by atomic mass is 19.1. The lowest BCUT2D eigenvalue weighted by Gasteiger charge is -2.09. The van der Waals surface area contributed by atoms with Gasteiger partial charge >= 0.3 is 0 Å². The normalized spacial score (nSPS) is 10.3. The van der Waals surface area contributed by atoms with Gasteiger partial charge in [0.2, 0.25) is 0 Å². The Morgan fingerprint density at radius 3 is 2.27 bits per heavy atom. The van der Waals surface area contributed by atoms with Gasteiger partial charge in [-0.3, -0.25) is 9.59 Å². The first-order chi connectivity index (χ1) is 10.6. The van der Waals surface area contributed by atoms with E-state index in [4.69, 9.17) is 5.11 Å². The molecule has 0 aromatic heterocycles. The maximum Gasteiger partial charge on any atom is 0.252 e. The molecule has 114 valence electrons. The number of rotatable bonds is 6. The van der Waals surface area contributed by atoms with E-state index in [0.29, 0.717) is 18.5 Å². The Bertz CT molecular complexity index is 668. The van der Waals surface area contributed by atoms with E-state index in [9.17, 15) is 14.0 Å². The molecular formula is C17H16FNO3. The Morgan fingerprint density at radius 2 is 1.64 bits per heavy atom. The Hall–Kier alpha value is -2.53. The molecule has 0 atom stereocenters. The average Bonchev–Trinajstić information content (AvgIpc) is 2.55. The summed E-state index contributed by atoms with van der Waals surface area (Å²) in [5.74, 6) is -1.14. The van der Waals surface area contributed by atoms with Crippen LogP contribution >= 0.6 is 0 Å².